The van der Waals surface area contributed by atoms with Crippen LogP contribution in [0.25, 0.3) is 0 Å². The van der Waals surface area contributed by atoms with Crippen LogP contribution in [0.3, 0.4) is 0 Å². The van der Waals surface area contributed by atoms with Gasteiger partial charge in [-0.05, 0) is 43.9 Å². The van der Waals surface area contributed by atoms with Crippen LogP contribution < -0.4 is 14.8 Å². The number of methoxy groups -OCH3 is 2. The number of aromatic nitrogens is 4. The van der Waals surface area contributed by atoms with Crippen molar-refractivity contribution in [3.05, 3.63) is 65.5 Å². The fourth-order valence-corrected chi connectivity index (χ4v) is 5.05. The Labute approximate surface area is 223 Å². The van der Waals surface area contributed by atoms with Crippen LogP contribution in [-0.4, -0.2) is 63.3 Å². The van der Waals surface area contributed by atoms with E-state index in [1.54, 1.807) is 23.8 Å². The van der Waals surface area contributed by atoms with Gasteiger partial charge in [-0.25, -0.2) is 4.98 Å². The van der Waals surface area contributed by atoms with Gasteiger partial charge in [0.05, 0.1) is 26.1 Å². The predicted molar refractivity (Wildman–Crippen MR) is 142 cm³/mol. The minimum atomic E-state index is -0.875. The quantitative estimate of drug-likeness (QED) is 0.436. The summed E-state index contributed by atoms with van der Waals surface area (Å²) < 4.78 is 12.5. The molecule has 2 amide bonds. The Morgan fingerprint density at radius 2 is 1.89 bits per heavy atom. The monoisotopic (exact) mass is 520 g/mol. The van der Waals surface area contributed by atoms with Gasteiger partial charge in [0.2, 0.25) is 5.91 Å². The number of nitrogens with zero attached hydrogens (tertiary/aromatic N) is 5. The molecule has 2 heterocycles. The molecule has 1 N–H and O–H groups in total. The molecule has 1 fully saturated rings. The highest BCUT2D eigenvalue weighted by atomic mass is 16.5. The van der Waals surface area contributed by atoms with Gasteiger partial charge >= 0.3 is 0 Å². The molecule has 10 heteroatoms. The Kier molecular flexibility index (Phi) is 8.93. The normalized spacial score (nSPS) is 14.5. The standard InChI is InChI=1S/C28H36N6O4/c1-19-22(18-33(2)32-19)26(27(35)31-21-8-6-5-7-9-21)34(28(36)23-17-29-13-14-30-23)15-12-20-10-11-24(37-3)25(16-20)38-4/h10-11,13-14,16-18,21,26H,5-9,12,15H2,1-4H3,(H,31,35). The molecule has 4 rings (SSSR count). The van der Waals surface area contributed by atoms with Crippen molar-refractivity contribution in [3.63, 3.8) is 0 Å². The van der Waals surface area contributed by atoms with E-state index < -0.39 is 6.04 Å². The van der Waals surface area contributed by atoms with E-state index in [-0.39, 0.29) is 30.1 Å². The van der Waals surface area contributed by atoms with Gasteiger partial charge in [0, 0.05) is 43.8 Å². The van der Waals surface area contributed by atoms with Crippen LogP contribution in [0, 0.1) is 6.92 Å². The molecule has 1 atom stereocenters. The summed E-state index contributed by atoms with van der Waals surface area (Å²) in [5.74, 6) is 0.647. The summed E-state index contributed by atoms with van der Waals surface area (Å²) in [5.41, 5.74) is 2.50. The SMILES string of the molecule is COc1ccc(CCN(C(=O)c2cnccn2)C(C(=O)NC2CCCCC2)c2cn(C)nc2C)cc1OC. The first-order valence-electron chi connectivity index (χ1n) is 13.0. The zero-order chi connectivity index (χ0) is 27.1. The van der Waals surface area contributed by atoms with E-state index in [9.17, 15) is 9.59 Å². The lowest BCUT2D eigenvalue weighted by atomic mass is 9.94. The van der Waals surface area contributed by atoms with Gasteiger partial charge in [0.1, 0.15) is 11.7 Å². The largest absolute Gasteiger partial charge is 0.493 e. The number of carbonyl (C=O) groups excluding carboxylic acids is 2. The Morgan fingerprint density at radius 1 is 1.13 bits per heavy atom. The van der Waals surface area contributed by atoms with Gasteiger partial charge in [0.25, 0.3) is 5.91 Å². The first kappa shape index (κ1) is 27.1. The highest BCUT2D eigenvalue weighted by Gasteiger charge is 2.36. The molecule has 0 saturated heterocycles. The van der Waals surface area contributed by atoms with Gasteiger partial charge in [-0.15, -0.1) is 0 Å². The van der Waals surface area contributed by atoms with Crippen LogP contribution in [-0.2, 0) is 18.3 Å². The maximum Gasteiger partial charge on any atom is 0.275 e. The second-order valence-corrected chi connectivity index (χ2v) is 9.62. The molecule has 1 aliphatic rings. The van der Waals surface area contributed by atoms with E-state index in [1.165, 1.54) is 25.0 Å². The zero-order valence-corrected chi connectivity index (χ0v) is 22.5. The molecule has 0 bridgehead atoms. The first-order chi connectivity index (χ1) is 18.4. The molecule has 0 aliphatic heterocycles. The van der Waals surface area contributed by atoms with Gasteiger partial charge in [-0.3, -0.25) is 19.3 Å². The average Bonchev–Trinajstić information content (AvgIpc) is 3.28. The van der Waals surface area contributed by atoms with Gasteiger partial charge in [-0.1, -0.05) is 25.3 Å². The number of hydrogen-bond acceptors (Lipinski definition) is 7. The zero-order valence-electron chi connectivity index (χ0n) is 22.5. The van der Waals surface area contributed by atoms with Crippen LogP contribution >= 0.6 is 0 Å². The Morgan fingerprint density at radius 3 is 2.53 bits per heavy atom. The van der Waals surface area contributed by atoms with E-state index in [0.717, 1.165) is 31.2 Å². The topological polar surface area (TPSA) is 111 Å². The summed E-state index contributed by atoms with van der Waals surface area (Å²) in [6.07, 6.45) is 12.0. The lowest BCUT2D eigenvalue weighted by molar-refractivity contribution is -0.126. The predicted octanol–water partition coefficient (Wildman–Crippen LogP) is 3.41. The summed E-state index contributed by atoms with van der Waals surface area (Å²) in [6.45, 7) is 2.12. The van der Waals surface area contributed by atoms with Crippen molar-refractivity contribution in [2.45, 2.75) is 57.5 Å². The summed E-state index contributed by atoms with van der Waals surface area (Å²) in [4.78, 5) is 37.7. The van der Waals surface area contributed by atoms with Crippen molar-refractivity contribution >= 4 is 11.8 Å². The highest BCUT2D eigenvalue weighted by molar-refractivity contribution is 5.96. The fraction of sp³-hybridized carbons (Fsp3) is 0.464. The van der Waals surface area contributed by atoms with Crippen LogP contribution in [0.2, 0.25) is 0 Å². The molecule has 1 saturated carbocycles. The smallest absolute Gasteiger partial charge is 0.275 e. The average molecular weight is 521 g/mol. The number of hydrogen-bond donors (Lipinski definition) is 1. The third kappa shape index (κ3) is 6.30. The van der Waals surface area contributed by atoms with E-state index in [1.807, 2.05) is 38.4 Å². The Hall–Kier alpha value is -3.95. The molecular weight excluding hydrogens is 484 g/mol. The van der Waals surface area contributed by atoms with Crippen molar-refractivity contribution in [1.82, 2.24) is 30.0 Å². The van der Waals surface area contributed by atoms with E-state index in [0.29, 0.717) is 29.2 Å². The summed E-state index contributed by atoms with van der Waals surface area (Å²) in [5, 5.41) is 7.71. The summed E-state index contributed by atoms with van der Waals surface area (Å²) in [7, 11) is 4.98. The number of carbonyl (C=O) groups is 2. The minimum Gasteiger partial charge on any atom is -0.493 e. The van der Waals surface area contributed by atoms with Crippen molar-refractivity contribution in [1.29, 1.82) is 0 Å². The van der Waals surface area contributed by atoms with Crippen LogP contribution in [0.4, 0.5) is 0 Å². The Balaban J connectivity index is 1.70. The van der Waals surface area contributed by atoms with Crippen molar-refractivity contribution < 1.29 is 19.1 Å². The summed E-state index contributed by atoms with van der Waals surface area (Å²) >= 11 is 0. The van der Waals surface area contributed by atoms with Crippen LogP contribution in [0.5, 0.6) is 11.5 Å². The molecule has 1 unspecified atom stereocenters. The van der Waals surface area contributed by atoms with Crippen LogP contribution in [0.1, 0.15) is 65.5 Å². The molecule has 1 aliphatic carbocycles. The van der Waals surface area contributed by atoms with Crippen molar-refractivity contribution in [3.8, 4) is 11.5 Å². The van der Waals surface area contributed by atoms with Crippen molar-refractivity contribution in [2.24, 2.45) is 7.05 Å². The third-order valence-corrected chi connectivity index (χ3v) is 6.99. The van der Waals surface area contributed by atoms with Crippen molar-refractivity contribution in [2.75, 3.05) is 20.8 Å². The van der Waals surface area contributed by atoms with Gasteiger partial charge in [0.15, 0.2) is 11.5 Å². The maximum atomic E-state index is 13.9. The molecule has 202 valence electrons. The summed E-state index contributed by atoms with van der Waals surface area (Å²) in [6, 6.07) is 4.87. The fourth-order valence-electron chi connectivity index (χ4n) is 5.05. The lowest BCUT2D eigenvalue weighted by Gasteiger charge is -2.33. The van der Waals surface area contributed by atoms with E-state index in [4.69, 9.17) is 9.47 Å². The van der Waals surface area contributed by atoms with Gasteiger partial charge in [-0.2, -0.15) is 5.10 Å². The van der Waals surface area contributed by atoms with E-state index >= 15 is 0 Å². The Bertz CT molecular complexity index is 1240. The molecule has 1 aromatic carbocycles. The van der Waals surface area contributed by atoms with E-state index in [2.05, 4.69) is 20.4 Å². The molecule has 38 heavy (non-hydrogen) atoms. The minimum absolute atomic E-state index is 0.0926. The molecule has 10 nitrogen and oxygen atoms in total. The maximum absolute atomic E-state index is 13.9. The van der Waals surface area contributed by atoms with Crippen LogP contribution in [0.15, 0.2) is 43.0 Å². The molecule has 2 aromatic heterocycles. The molecule has 3 aromatic rings. The number of benzene rings is 1. The number of nitrogens with one attached hydrogen (secondary N) is 1. The first-order valence-corrected chi connectivity index (χ1v) is 13.0. The number of amides is 2. The lowest BCUT2D eigenvalue weighted by Crippen LogP contribution is -2.48. The third-order valence-electron chi connectivity index (χ3n) is 6.99. The number of rotatable bonds is 10. The number of ether oxygens (including phenoxy) is 2. The second kappa shape index (κ2) is 12.5. The molecular formula is C28H36N6O4. The number of aryl methyl sites for hydroxylation is 2. The van der Waals surface area contributed by atoms with Gasteiger partial charge < -0.3 is 19.7 Å². The molecule has 0 radical (unpaired) electrons. The molecule has 0 spiro atoms. The highest BCUT2D eigenvalue weighted by Crippen LogP contribution is 2.30. The second-order valence-electron chi connectivity index (χ2n) is 9.62.